The number of carbonyl (C=O) groups excluding carboxylic acids is 3. The van der Waals surface area contributed by atoms with Crippen LogP contribution in [-0.2, 0) is 23.9 Å². The molecule has 1 aromatic carbocycles. The van der Waals surface area contributed by atoms with Crippen molar-refractivity contribution >= 4 is 39.5 Å². The SMILES string of the molecule is Cc1ccc(NC(=O)COC(=O)[C@@H]2[C@H]3C[C@H]4[C@H](OC(=O)[C@@H]42)[C@@H]3Br)cc1. The first-order valence-electron chi connectivity index (χ1n) is 8.33. The van der Waals surface area contributed by atoms with Gasteiger partial charge in [-0.15, -0.1) is 0 Å². The zero-order chi connectivity index (χ0) is 17.7. The van der Waals surface area contributed by atoms with E-state index in [2.05, 4.69) is 21.2 Å². The molecular formula is C18H18BrNO5. The number of esters is 2. The summed E-state index contributed by atoms with van der Waals surface area (Å²) < 4.78 is 10.6. The molecule has 0 spiro atoms. The van der Waals surface area contributed by atoms with Crippen LogP contribution in [0.2, 0.25) is 0 Å². The Morgan fingerprint density at radius 2 is 2.00 bits per heavy atom. The normalized spacial score (nSPS) is 34.7. The zero-order valence-electron chi connectivity index (χ0n) is 13.6. The first-order valence-corrected chi connectivity index (χ1v) is 9.25. The van der Waals surface area contributed by atoms with Gasteiger partial charge in [-0.1, -0.05) is 33.6 Å². The molecule has 132 valence electrons. The van der Waals surface area contributed by atoms with Gasteiger partial charge in [0.05, 0.1) is 16.7 Å². The minimum atomic E-state index is -0.521. The predicted molar refractivity (Wildman–Crippen MR) is 91.9 cm³/mol. The Morgan fingerprint density at radius 3 is 2.72 bits per heavy atom. The van der Waals surface area contributed by atoms with Gasteiger partial charge in [0.15, 0.2) is 6.61 Å². The maximum atomic E-state index is 12.5. The van der Waals surface area contributed by atoms with Gasteiger partial charge in [-0.3, -0.25) is 14.4 Å². The number of anilines is 1. The summed E-state index contributed by atoms with van der Waals surface area (Å²) in [6.45, 7) is 1.59. The van der Waals surface area contributed by atoms with Gasteiger partial charge >= 0.3 is 11.9 Å². The number of ether oxygens (including phenoxy) is 2. The zero-order valence-corrected chi connectivity index (χ0v) is 15.2. The number of nitrogens with one attached hydrogen (secondary N) is 1. The van der Waals surface area contributed by atoms with E-state index in [0.717, 1.165) is 12.0 Å². The van der Waals surface area contributed by atoms with Gasteiger partial charge < -0.3 is 14.8 Å². The Labute approximate surface area is 153 Å². The summed E-state index contributed by atoms with van der Waals surface area (Å²) in [5.74, 6) is -2.03. The van der Waals surface area contributed by atoms with E-state index in [9.17, 15) is 14.4 Å². The number of halogens is 1. The smallest absolute Gasteiger partial charge is 0.310 e. The van der Waals surface area contributed by atoms with Crippen LogP contribution >= 0.6 is 15.9 Å². The van der Waals surface area contributed by atoms with Crippen LogP contribution in [0.5, 0.6) is 0 Å². The molecule has 7 heteroatoms. The molecule has 1 N–H and O–H groups in total. The summed E-state index contributed by atoms with van der Waals surface area (Å²) in [6.07, 6.45) is 0.656. The second-order valence-electron chi connectivity index (χ2n) is 6.98. The highest BCUT2D eigenvalue weighted by molar-refractivity contribution is 9.09. The minimum absolute atomic E-state index is 0.0147. The summed E-state index contributed by atoms with van der Waals surface area (Å²) in [6, 6.07) is 7.34. The Kier molecular flexibility index (Phi) is 4.06. The van der Waals surface area contributed by atoms with Crippen LogP contribution in [0.3, 0.4) is 0 Å². The Balaban J connectivity index is 1.35. The monoisotopic (exact) mass is 407 g/mol. The highest BCUT2D eigenvalue weighted by Crippen LogP contribution is 2.60. The van der Waals surface area contributed by atoms with Gasteiger partial charge in [0.2, 0.25) is 0 Å². The van der Waals surface area contributed by atoms with E-state index in [1.807, 2.05) is 19.1 Å². The van der Waals surface area contributed by atoms with Crippen molar-refractivity contribution in [2.24, 2.45) is 23.7 Å². The van der Waals surface area contributed by atoms with Crippen LogP contribution in [0, 0.1) is 30.6 Å². The van der Waals surface area contributed by atoms with Gasteiger partial charge in [0.25, 0.3) is 5.91 Å². The molecular weight excluding hydrogens is 390 g/mol. The largest absolute Gasteiger partial charge is 0.461 e. The number of fused-ring (bicyclic) bond motifs is 1. The van der Waals surface area contributed by atoms with Crippen molar-refractivity contribution in [2.45, 2.75) is 24.3 Å². The lowest BCUT2D eigenvalue weighted by Crippen LogP contribution is -2.39. The van der Waals surface area contributed by atoms with Crippen LogP contribution in [0.1, 0.15) is 12.0 Å². The van der Waals surface area contributed by atoms with Crippen molar-refractivity contribution in [2.75, 3.05) is 11.9 Å². The summed E-state index contributed by atoms with van der Waals surface area (Å²) >= 11 is 3.55. The third kappa shape index (κ3) is 2.74. The molecule has 1 aliphatic heterocycles. The summed E-state index contributed by atoms with van der Waals surface area (Å²) in [7, 11) is 0. The number of hydrogen-bond donors (Lipinski definition) is 1. The number of aryl methyl sites for hydroxylation is 1. The molecule has 2 bridgehead atoms. The lowest BCUT2D eigenvalue weighted by Gasteiger charge is -2.26. The van der Waals surface area contributed by atoms with Gasteiger partial charge in [0.1, 0.15) is 6.10 Å². The summed E-state index contributed by atoms with van der Waals surface area (Å²) in [5, 5.41) is 2.68. The second-order valence-corrected chi connectivity index (χ2v) is 8.04. The van der Waals surface area contributed by atoms with Crippen molar-refractivity contribution in [1.82, 2.24) is 0 Å². The summed E-state index contributed by atoms with van der Waals surface area (Å²) in [5.41, 5.74) is 1.74. The molecule has 4 rings (SSSR count). The van der Waals surface area contributed by atoms with Crippen molar-refractivity contribution in [3.8, 4) is 0 Å². The molecule has 0 radical (unpaired) electrons. The fourth-order valence-electron chi connectivity index (χ4n) is 4.36. The van der Waals surface area contributed by atoms with Gasteiger partial charge in [-0.05, 0) is 31.4 Å². The number of alkyl halides is 1. The highest BCUT2D eigenvalue weighted by Gasteiger charge is 2.68. The lowest BCUT2D eigenvalue weighted by atomic mass is 9.80. The topological polar surface area (TPSA) is 81.7 Å². The Bertz CT molecular complexity index is 733. The molecule has 2 saturated carbocycles. The lowest BCUT2D eigenvalue weighted by molar-refractivity contribution is -0.157. The Hall–Kier alpha value is -1.89. The van der Waals surface area contributed by atoms with Crippen molar-refractivity contribution in [3.63, 3.8) is 0 Å². The molecule has 1 aromatic rings. The molecule has 0 unspecified atom stereocenters. The summed E-state index contributed by atoms with van der Waals surface area (Å²) in [4.78, 5) is 36.5. The molecule has 25 heavy (non-hydrogen) atoms. The number of benzene rings is 1. The van der Waals surface area contributed by atoms with E-state index in [4.69, 9.17) is 9.47 Å². The van der Waals surface area contributed by atoms with Crippen LogP contribution < -0.4 is 5.32 Å². The number of hydrogen-bond acceptors (Lipinski definition) is 5. The van der Waals surface area contributed by atoms with E-state index in [-0.39, 0.29) is 35.3 Å². The van der Waals surface area contributed by atoms with Crippen LogP contribution in [0.4, 0.5) is 5.69 Å². The van der Waals surface area contributed by atoms with Crippen LogP contribution in [0.25, 0.3) is 0 Å². The first kappa shape index (κ1) is 16.6. The maximum Gasteiger partial charge on any atom is 0.310 e. The average Bonchev–Trinajstić information content (AvgIpc) is 3.19. The third-order valence-corrected chi connectivity index (χ3v) is 6.68. The first-order chi connectivity index (χ1) is 12.0. The van der Waals surface area contributed by atoms with Crippen molar-refractivity contribution < 1.29 is 23.9 Å². The van der Waals surface area contributed by atoms with Gasteiger partial charge in [0, 0.05) is 11.6 Å². The molecule has 2 aliphatic carbocycles. The second kappa shape index (κ2) is 6.12. The highest BCUT2D eigenvalue weighted by atomic mass is 79.9. The molecule has 0 aromatic heterocycles. The van der Waals surface area contributed by atoms with Crippen LogP contribution in [-0.4, -0.2) is 35.4 Å². The van der Waals surface area contributed by atoms with Crippen molar-refractivity contribution in [3.05, 3.63) is 29.8 Å². The van der Waals surface area contributed by atoms with E-state index in [1.54, 1.807) is 12.1 Å². The minimum Gasteiger partial charge on any atom is -0.461 e. The molecule has 3 aliphatic rings. The van der Waals surface area contributed by atoms with Crippen molar-refractivity contribution in [1.29, 1.82) is 0 Å². The average molecular weight is 408 g/mol. The van der Waals surface area contributed by atoms with E-state index in [0.29, 0.717) is 5.69 Å². The fourth-order valence-corrected chi connectivity index (χ4v) is 5.41. The molecule has 3 fully saturated rings. The third-order valence-electron chi connectivity index (χ3n) is 5.48. The van der Waals surface area contributed by atoms with Gasteiger partial charge in [-0.25, -0.2) is 0 Å². The predicted octanol–water partition coefficient (Wildman–Crippen LogP) is 2.05. The Morgan fingerprint density at radius 1 is 1.28 bits per heavy atom. The molecule has 1 amide bonds. The van der Waals surface area contributed by atoms with Gasteiger partial charge in [-0.2, -0.15) is 0 Å². The molecule has 1 saturated heterocycles. The van der Waals surface area contributed by atoms with E-state index >= 15 is 0 Å². The number of amides is 1. The molecule has 6 nitrogen and oxygen atoms in total. The quantitative estimate of drug-likeness (QED) is 0.609. The molecule has 6 atom stereocenters. The number of carbonyl (C=O) groups is 3. The van der Waals surface area contributed by atoms with Crippen LogP contribution in [0.15, 0.2) is 24.3 Å². The maximum absolute atomic E-state index is 12.5. The number of rotatable bonds is 4. The molecule has 1 heterocycles. The van der Waals surface area contributed by atoms with E-state index < -0.39 is 23.7 Å². The standard InChI is InChI=1S/C18H18BrNO5/c1-8-2-4-9(5-3-8)20-12(21)7-24-17(22)13-10-6-11-14(13)18(23)25-16(11)15(10)19/h2-5,10-11,13-16H,6-7H2,1H3,(H,20,21)/t10-,11-,13-,14+,15-,16+/m1/s1. The fraction of sp³-hybridized carbons (Fsp3) is 0.500. The van der Waals surface area contributed by atoms with E-state index in [1.165, 1.54) is 0 Å².